The minimum absolute atomic E-state index is 0.0941. The van der Waals surface area contributed by atoms with Crippen LogP contribution in [-0.4, -0.2) is 30.2 Å². The molecule has 0 aliphatic carbocycles. The van der Waals surface area contributed by atoms with Crippen LogP contribution in [0, 0.1) is 13.8 Å². The summed E-state index contributed by atoms with van der Waals surface area (Å²) >= 11 is 5.98. The maximum Gasteiger partial charge on any atom is 0.341 e. The lowest BCUT2D eigenvalue weighted by Crippen LogP contribution is -2.28. The van der Waals surface area contributed by atoms with Crippen molar-refractivity contribution in [3.8, 4) is 11.5 Å². The number of benzene rings is 2. The average Bonchev–Trinajstić information content (AvgIpc) is 2.58. The molecule has 0 aromatic heterocycles. The predicted octanol–water partition coefficient (Wildman–Crippen LogP) is 3.12. The lowest BCUT2D eigenvalue weighted by atomic mass is 10.1. The van der Waals surface area contributed by atoms with Crippen LogP contribution in [0.5, 0.6) is 11.5 Å². The third kappa shape index (κ3) is 5.97. The van der Waals surface area contributed by atoms with E-state index in [2.05, 4.69) is 5.32 Å². The van der Waals surface area contributed by atoms with Gasteiger partial charge in [-0.1, -0.05) is 23.7 Å². The molecule has 0 fully saturated rings. The summed E-state index contributed by atoms with van der Waals surface area (Å²) in [5, 5.41) is 12.0. The number of carbonyl (C=O) groups excluding carboxylic acids is 1. The number of aliphatic carboxylic acids is 1. The third-order valence-electron chi connectivity index (χ3n) is 3.55. The van der Waals surface area contributed by atoms with E-state index in [0.29, 0.717) is 23.1 Å². The van der Waals surface area contributed by atoms with E-state index in [9.17, 15) is 9.59 Å². The van der Waals surface area contributed by atoms with Gasteiger partial charge in [-0.25, -0.2) is 4.79 Å². The molecule has 2 rings (SSSR count). The zero-order valence-electron chi connectivity index (χ0n) is 14.5. The Labute approximate surface area is 156 Å². The number of hydrogen-bond donors (Lipinski definition) is 2. The summed E-state index contributed by atoms with van der Waals surface area (Å²) in [6.07, 6.45) is 0. The van der Waals surface area contributed by atoms with E-state index in [1.54, 1.807) is 36.4 Å². The summed E-state index contributed by atoms with van der Waals surface area (Å²) in [5.41, 5.74) is 2.61. The molecule has 0 saturated heterocycles. The highest BCUT2D eigenvalue weighted by Crippen LogP contribution is 2.26. The Morgan fingerprint density at radius 3 is 2.23 bits per heavy atom. The zero-order valence-corrected chi connectivity index (χ0v) is 15.3. The maximum atomic E-state index is 12.0. The fourth-order valence-corrected chi connectivity index (χ4v) is 2.69. The molecule has 0 bridgehead atoms. The summed E-state index contributed by atoms with van der Waals surface area (Å²) in [4.78, 5) is 22.4. The van der Waals surface area contributed by atoms with E-state index in [1.165, 1.54) is 0 Å². The Balaban J connectivity index is 1.81. The van der Waals surface area contributed by atoms with Gasteiger partial charge in [-0.2, -0.15) is 0 Å². The summed E-state index contributed by atoms with van der Waals surface area (Å²) in [6, 6.07) is 10.4. The van der Waals surface area contributed by atoms with Crippen molar-refractivity contribution < 1.29 is 24.2 Å². The first-order valence-electron chi connectivity index (χ1n) is 7.95. The molecule has 26 heavy (non-hydrogen) atoms. The molecule has 1 amide bonds. The van der Waals surface area contributed by atoms with Gasteiger partial charge in [0.2, 0.25) is 0 Å². The molecule has 2 aromatic carbocycles. The van der Waals surface area contributed by atoms with Crippen molar-refractivity contribution >= 4 is 23.5 Å². The number of rotatable bonds is 8. The molecule has 6 nitrogen and oxygen atoms in total. The average molecular weight is 378 g/mol. The normalized spacial score (nSPS) is 10.3. The molecule has 138 valence electrons. The van der Waals surface area contributed by atoms with Gasteiger partial charge in [0.25, 0.3) is 5.91 Å². The van der Waals surface area contributed by atoms with Crippen LogP contribution >= 0.6 is 11.6 Å². The van der Waals surface area contributed by atoms with E-state index >= 15 is 0 Å². The zero-order chi connectivity index (χ0) is 19.1. The third-order valence-corrected chi connectivity index (χ3v) is 3.77. The van der Waals surface area contributed by atoms with Crippen molar-refractivity contribution in [1.29, 1.82) is 0 Å². The van der Waals surface area contributed by atoms with Crippen LogP contribution in [0.1, 0.15) is 16.7 Å². The topological polar surface area (TPSA) is 84.9 Å². The van der Waals surface area contributed by atoms with E-state index in [0.717, 1.165) is 16.7 Å². The molecule has 2 N–H and O–H groups in total. The lowest BCUT2D eigenvalue weighted by Gasteiger charge is -2.13. The molecular weight excluding hydrogens is 358 g/mol. The van der Waals surface area contributed by atoms with Crippen molar-refractivity contribution in [1.82, 2.24) is 5.32 Å². The van der Waals surface area contributed by atoms with Gasteiger partial charge in [0, 0.05) is 11.6 Å². The second kappa shape index (κ2) is 9.10. The second-order valence-electron chi connectivity index (χ2n) is 5.76. The first-order chi connectivity index (χ1) is 12.3. The molecule has 2 aromatic rings. The monoisotopic (exact) mass is 377 g/mol. The minimum atomic E-state index is -1.03. The van der Waals surface area contributed by atoms with Crippen LogP contribution in [0.15, 0.2) is 36.4 Å². The molecule has 0 aliphatic heterocycles. The van der Waals surface area contributed by atoms with Crippen LogP contribution < -0.4 is 14.8 Å². The van der Waals surface area contributed by atoms with Crippen LogP contribution in [0.25, 0.3) is 0 Å². The number of carboxylic acid groups (broad SMARTS) is 1. The molecule has 7 heteroatoms. The van der Waals surface area contributed by atoms with Gasteiger partial charge in [0.1, 0.15) is 11.5 Å². The summed E-state index contributed by atoms with van der Waals surface area (Å²) < 4.78 is 10.7. The quantitative estimate of drug-likeness (QED) is 0.738. The molecule has 0 saturated carbocycles. The Bertz CT molecular complexity index is 766. The van der Waals surface area contributed by atoms with Crippen molar-refractivity contribution in [3.05, 3.63) is 58.1 Å². The van der Waals surface area contributed by atoms with Gasteiger partial charge in [0.15, 0.2) is 13.2 Å². The van der Waals surface area contributed by atoms with Crippen LogP contribution in [-0.2, 0) is 16.1 Å². The number of aryl methyl sites for hydroxylation is 2. The largest absolute Gasteiger partial charge is 0.483 e. The first kappa shape index (κ1) is 19.6. The van der Waals surface area contributed by atoms with E-state index in [-0.39, 0.29) is 12.5 Å². The first-order valence-corrected chi connectivity index (χ1v) is 8.32. The number of ether oxygens (including phenoxy) is 2. The van der Waals surface area contributed by atoms with Crippen LogP contribution in [0.2, 0.25) is 5.02 Å². The van der Waals surface area contributed by atoms with Gasteiger partial charge >= 0.3 is 5.97 Å². The maximum absolute atomic E-state index is 12.0. The van der Waals surface area contributed by atoms with Gasteiger partial charge < -0.3 is 19.9 Å². The highest BCUT2D eigenvalue weighted by Gasteiger charge is 2.09. The van der Waals surface area contributed by atoms with Crippen molar-refractivity contribution in [3.63, 3.8) is 0 Å². The number of carbonyl (C=O) groups is 2. The fourth-order valence-electron chi connectivity index (χ4n) is 2.36. The van der Waals surface area contributed by atoms with Gasteiger partial charge in [-0.05, 0) is 54.8 Å². The Kier molecular flexibility index (Phi) is 6.86. The summed E-state index contributed by atoms with van der Waals surface area (Å²) in [5.74, 6) is -0.165. The highest BCUT2D eigenvalue weighted by atomic mass is 35.5. The van der Waals surface area contributed by atoms with E-state index < -0.39 is 12.6 Å². The predicted molar refractivity (Wildman–Crippen MR) is 97.8 cm³/mol. The molecular formula is C19H20ClNO5. The summed E-state index contributed by atoms with van der Waals surface area (Å²) in [7, 11) is 0. The number of amides is 1. The van der Waals surface area contributed by atoms with Crippen LogP contribution in [0.3, 0.4) is 0 Å². The number of nitrogens with one attached hydrogen (secondary N) is 1. The smallest absolute Gasteiger partial charge is 0.341 e. The van der Waals surface area contributed by atoms with Crippen molar-refractivity contribution in [2.45, 2.75) is 20.4 Å². The van der Waals surface area contributed by atoms with E-state index in [4.69, 9.17) is 26.2 Å². The molecule has 0 heterocycles. The number of carboxylic acids is 1. The molecule has 0 aliphatic rings. The highest BCUT2D eigenvalue weighted by molar-refractivity contribution is 6.30. The summed E-state index contributed by atoms with van der Waals surface area (Å²) in [6.45, 7) is 3.60. The van der Waals surface area contributed by atoms with Crippen molar-refractivity contribution in [2.75, 3.05) is 13.2 Å². The Hall–Kier alpha value is -2.73. The molecule has 0 atom stereocenters. The fraction of sp³-hybridized carbons (Fsp3) is 0.263. The number of halogens is 1. The van der Waals surface area contributed by atoms with Gasteiger partial charge in [0.05, 0.1) is 0 Å². The molecule has 0 unspecified atom stereocenters. The number of hydrogen-bond acceptors (Lipinski definition) is 4. The van der Waals surface area contributed by atoms with Crippen molar-refractivity contribution in [2.24, 2.45) is 0 Å². The lowest BCUT2D eigenvalue weighted by molar-refractivity contribution is -0.139. The molecule has 0 radical (unpaired) electrons. The van der Waals surface area contributed by atoms with E-state index in [1.807, 2.05) is 13.8 Å². The second-order valence-corrected chi connectivity index (χ2v) is 6.20. The van der Waals surface area contributed by atoms with Gasteiger partial charge in [-0.15, -0.1) is 0 Å². The molecule has 0 spiro atoms. The Morgan fingerprint density at radius 1 is 1.04 bits per heavy atom. The Morgan fingerprint density at radius 2 is 1.65 bits per heavy atom. The van der Waals surface area contributed by atoms with Gasteiger partial charge in [-0.3, -0.25) is 4.79 Å². The standard InChI is InChI=1S/C19H20ClNO5/c1-12-7-15(20)8-13(2)19(12)26-10-17(22)21-9-14-3-5-16(6-4-14)25-11-18(23)24/h3-8H,9-11H2,1-2H3,(H,21,22)(H,23,24). The van der Waals surface area contributed by atoms with Crippen LogP contribution in [0.4, 0.5) is 0 Å². The SMILES string of the molecule is Cc1cc(Cl)cc(C)c1OCC(=O)NCc1ccc(OCC(=O)O)cc1. The minimum Gasteiger partial charge on any atom is -0.483 e.